The Morgan fingerprint density at radius 1 is 0.968 bits per heavy atom. The third kappa shape index (κ3) is 4.42. The predicted octanol–water partition coefficient (Wildman–Crippen LogP) is 5.52. The summed E-state index contributed by atoms with van der Waals surface area (Å²) in [6.07, 6.45) is -1.38. The largest absolute Gasteiger partial charge is 0.497 e. The van der Waals surface area contributed by atoms with E-state index in [9.17, 15) is 13.2 Å². The molecule has 0 spiro atoms. The standard InChI is InChI=1S/C24H25F3N2O2/c1-30-20-11-8-18(22(15-20)31-2)16-29-14-4-13-28-12-3-5-21(28)23(29)17-6-9-19(10-7-17)24(25,26)27/h3,5-12,15,23H,4,13-14,16H2,1-2H3/t23-/m1/s1. The van der Waals surface area contributed by atoms with Gasteiger partial charge in [-0.1, -0.05) is 18.2 Å². The lowest BCUT2D eigenvalue weighted by Crippen LogP contribution is -2.29. The number of hydrogen-bond acceptors (Lipinski definition) is 3. The summed E-state index contributed by atoms with van der Waals surface area (Å²) >= 11 is 0. The zero-order valence-corrected chi connectivity index (χ0v) is 17.5. The Kier molecular flexibility index (Phi) is 5.96. The molecule has 4 rings (SSSR count). The Morgan fingerprint density at radius 3 is 2.42 bits per heavy atom. The van der Waals surface area contributed by atoms with Gasteiger partial charge in [-0.05, 0) is 42.3 Å². The Labute approximate surface area is 179 Å². The first-order valence-corrected chi connectivity index (χ1v) is 10.2. The SMILES string of the molecule is COc1ccc(CN2CCCn3cccc3[C@H]2c2ccc(C(F)(F)F)cc2)c(OC)c1. The summed E-state index contributed by atoms with van der Waals surface area (Å²) in [5.41, 5.74) is 2.27. The molecule has 0 aliphatic carbocycles. The van der Waals surface area contributed by atoms with Crippen molar-refractivity contribution in [2.75, 3.05) is 20.8 Å². The Bertz CT molecular complexity index is 1030. The second-order valence-electron chi connectivity index (χ2n) is 7.65. The second-order valence-corrected chi connectivity index (χ2v) is 7.65. The molecule has 0 bridgehead atoms. The number of halogens is 3. The lowest BCUT2D eigenvalue weighted by molar-refractivity contribution is -0.137. The van der Waals surface area contributed by atoms with Gasteiger partial charge in [-0.3, -0.25) is 4.90 Å². The molecule has 31 heavy (non-hydrogen) atoms. The number of benzene rings is 2. The van der Waals surface area contributed by atoms with E-state index in [4.69, 9.17) is 9.47 Å². The summed E-state index contributed by atoms with van der Waals surface area (Å²) in [5.74, 6) is 1.44. The molecule has 0 amide bonds. The smallest absolute Gasteiger partial charge is 0.416 e. The molecule has 1 aliphatic rings. The maximum atomic E-state index is 13.1. The minimum Gasteiger partial charge on any atom is -0.497 e. The van der Waals surface area contributed by atoms with Crippen molar-refractivity contribution in [2.45, 2.75) is 31.7 Å². The van der Waals surface area contributed by atoms with Crippen molar-refractivity contribution in [1.82, 2.24) is 9.47 Å². The van der Waals surface area contributed by atoms with Crippen LogP contribution in [0.5, 0.6) is 11.5 Å². The van der Waals surface area contributed by atoms with Crippen molar-refractivity contribution in [3.63, 3.8) is 0 Å². The van der Waals surface area contributed by atoms with E-state index in [1.165, 1.54) is 12.1 Å². The van der Waals surface area contributed by atoms with Crippen LogP contribution in [0.2, 0.25) is 0 Å². The van der Waals surface area contributed by atoms with Gasteiger partial charge in [0.25, 0.3) is 0 Å². The molecular weight excluding hydrogens is 405 g/mol. The van der Waals surface area contributed by atoms with Crippen molar-refractivity contribution in [3.05, 3.63) is 83.2 Å². The van der Waals surface area contributed by atoms with Crippen LogP contribution in [-0.4, -0.2) is 30.2 Å². The third-order valence-corrected chi connectivity index (χ3v) is 5.78. The van der Waals surface area contributed by atoms with Crippen LogP contribution in [0, 0.1) is 0 Å². The van der Waals surface area contributed by atoms with Gasteiger partial charge in [0.2, 0.25) is 0 Å². The van der Waals surface area contributed by atoms with Crippen LogP contribution in [0.3, 0.4) is 0 Å². The van der Waals surface area contributed by atoms with Crippen molar-refractivity contribution >= 4 is 0 Å². The minimum absolute atomic E-state index is 0.161. The van der Waals surface area contributed by atoms with Crippen molar-refractivity contribution in [2.24, 2.45) is 0 Å². The summed E-state index contributed by atoms with van der Waals surface area (Å²) in [5, 5.41) is 0. The molecule has 3 aromatic rings. The van der Waals surface area contributed by atoms with Crippen molar-refractivity contribution < 1.29 is 22.6 Å². The van der Waals surface area contributed by atoms with Gasteiger partial charge in [0.1, 0.15) is 11.5 Å². The quantitative estimate of drug-likeness (QED) is 0.533. The normalized spacial score (nSPS) is 17.1. The first-order valence-electron chi connectivity index (χ1n) is 10.2. The molecule has 1 atom stereocenters. The molecule has 2 heterocycles. The first kappa shape index (κ1) is 21.3. The number of ether oxygens (including phenoxy) is 2. The highest BCUT2D eigenvalue weighted by atomic mass is 19.4. The second kappa shape index (κ2) is 8.67. The van der Waals surface area contributed by atoms with Gasteiger partial charge >= 0.3 is 6.18 Å². The Morgan fingerprint density at radius 2 is 1.74 bits per heavy atom. The van der Waals surface area contributed by atoms with E-state index >= 15 is 0 Å². The highest BCUT2D eigenvalue weighted by Crippen LogP contribution is 2.37. The van der Waals surface area contributed by atoms with Gasteiger partial charge in [-0.2, -0.15) is 13.2 Å². The van der Waals surface area contributed by atoms with Crippen molar-refractivity contribution in [3.8, 4) is 11.5 Å². The summed E-state index contributed by atoms with van der Waals surface area (Å²) in [6, 6.07) is 15.1. The van der Waals surface area contributed by atoms with E-state index in [0.717, 1.165) is 42.1 Å². The van der Waals surface area contributed by atoms with Crippen LogP contribution < -0.4 is 9.47 Å². The summed E-state index contributed by atoms with van der Waals surface area (Å²) in [7, 11) is 3.23. The monoisotopic (exact) mass is 430 g/mol. The maximum Gasteiger partial charge on any atom is 0.416 e. The fourth-order valence-corrected chi connectivity index (χ4v) is 4.25. The topological polar surface area (TPSA) is 26.6 Å². The lowest BCUT2D eigenvalue weighted by atomic mass is 9.99. The van der Waals surface area contributed by atoms with E-state index in [2.05, 4.69) is 9.47 Å². The predicted molar refractivity (Wildman–Crippen MR) is 112 cm³/mol. The van der Waals surface area contributed by atoms with Gasteiger partial charge in [-0.25, -0.2) is 0 Å². The van der Waals surface area contributed by atoms with Crippen LogP contribution in [0.1, 0.15) is 34.8 Å². The zero-order valence-electron chi connectivity index (χ0n) is 17.5. The maximum absolute atomic E-state index is 13.1. The molecule has 2 aromatic carbocycles. The average molecular weight is 430 g/mol. The highest BCUT2D eigenvalue weighted by Gasteiger charge is 2.32. The molecule has 0 unspecified atom stereocenters. The third-order valence-electron chi connectivity index (χ3n) is 5.78. The minimum atomic E-state index is -4.35. The molecule has 0 fully saturated rings. The number of fused-ring (bicyclic) bond motifs is 1. The van der Waals surface area contributed by atoms with Gasteiger partial charge in [0, 0.05) is 43.2 Å². The summed E-state index contributed by atoms with van der Waals surface area (Å²) in [4.78, 5) is 2.30. The molecule has 1 aromatic heterocycles. The molecule has 1 aliphatic heterocycles. The van der Waals surface area contributed by atoms with Gasteiger partial charge in [-0.15, -0.1) is 0 Å². The van der Waals surface area contributed by atoms with E-state index < -0.39 is 11.7 Å². The number of nitrogens with zero attached hydrogens (tertiary/aromatic N) is 2. The van der Waals surface area contributed by atoms with Gasteiger partial charge in [0.15, 0.2) is 0 Å². The molecule has 0 radical (unpaired) electrons. The molecule has 0 saturated heterocycles. The fourth-order valence-electron chi connectivity index (χ4n) is 4.25. The Balaban J connectivity index is 1.72. The first-order chi connectivity index (χ1) is 14.9. The van der Waals surface area contributed by atoms with Crippen molar-refractivity contribution in [1.29, 1.82) is 0 Å². The van der Waals surface area contributed by atoms with Gasteiger partial charge < -0.3 is 14.0 Å². The number of methoxy groups -OCH3 is 2. The van der Waals surface area contributed by atoms with Crippen LogP contribution >= 0.6 is 0 Å². The molecule has 164 valence electrons. The van der Waals surface area contributed by atoms with E-state index in [-0.39, 0.29) is 6.04 Å². The number of alkyl halides is 3. The number of rotatable bonds is 5. The molecule has 0 N–H and O–H groups in total. The van der Waals surface area contributed by atoms with Gasteiger partial charge in [0.05, 0.1) is 25.8 Å². The molecule has 0 saturated carbocycles. The van der Waals surface area contributed by atoms with Crippen LogP contribution in [-0.2, 0) is 19.3 Å². The highest BCUT2D eigenvalue weighted by molar-refractivity contribution is 5.41. The number of aromatic nitrogens is 1. The van der Waals surface area contributed by atoms with E-state index in [1.54, 1.807) is 26.4 Å². The van der Waals surface area contributed by atoms with E-state index in [0.29, 0.717) is 12.3 Å². The number of hydrogen-bond donors (Lipinski definition) is 0. The molecular formula is C24H25F3N2O2. The number of aryl methyl sites for hydroxylation is 1. The fraction of sp³-hybridized carbons (Fsp3) is 0.333. The molecule has 4 nitrogen and oxygen atoms in total. The lowest BCUT2D eigenvalue weighted by Gasteiger charge is -2.31. The average Bonchev–Trinajstić information content (AvgIpc) is 3.15. The van der Waals surface area contributed by atoms with E-state index in [1.807, 2.05) is 36.5 Å². The summed E-state index contributed by atoms with van der Waals surface area (Å²) < 4.78 is 52.3. The van der Waals surface area contributed by atoms with Crippen LogP contribution in [0.25, 0.3) is 0 Å². The zero-order chi connectivity index (χ0) is 22.0. The van der Waals surface area contributed by atoms with Crippen LogP contribution in [0.15, 0.2) is 60.8 Å². The Hall–Kier alpha value is -2.93. The van der Waals surface area contributed by atoms with Crippen LogP contribution in [0.4, 0.5) is 13.2 Å². The molecule has 7 heteroatoms. The summed E-state index contributed by atoms with van der Waals surface area (Å²) in [6.45, 7) is 2.28.